The Kier molecular flexibility index (Phi) is 7.64. The molecule has 0 aromatic carbocycles. The Balaban J connectivity index is 1.95. The lowest BCUT2D eigenvalue weighted by Crippen LogP contribution is -2.23. The molecule has 2 atom stereocenters. The Labute approximate surface area is 107 Å². The predicted octanol–water partition coefficient (Wildman–Crippen LogP) is 2.07. The third-order valence-corrected chi connectivity index (χ3v) is 3.83. The molecule has 0 N–H and O–H groups in total. The molecule has 1 heterocycles. The highest BCUT2D eigenvalue weighted by Gasteiger charge is 2.15. The first kappa shape index (κ1) is 14.8. The molecule has 1 saturated heterocycles. The summed E-state index contributed by atoms with van der Waals surface area (Å²) < 4.78 is 15.7. The van der Waals surface area contributed by atoms with Gasteiger partial charge >= 0.3 is 5.97 Å². The number of carbonyl (C=O) groups excluding carboxylic acids is 1. The Morgan fingerprint density at radius 2 is 2.35 bits per heavy atom. The lowest BCUT2D eigenvalue weighted by Gasteiger charge is -2.22. The van der Waals surface area contributed by atoms with E-state index in [0.717, 1.165) is 31.0 Å². The van der Waals surface area contributed by atoms with Crippen LogP contribution in [0.25, 0.3) is 0 Å². The lowest BCUT2D eigenvalue weighted by molar-refractivity contribution is -0.158. The van der Waals surface area contributed by atoms with E-state index >= 15 is 0 Å². The van der Waals surface area contributed by atoms with Gasteiger partial charge in [0, 0.05) is 18.1 Å². The monoisotopic (exact) mass is 262 g/mol. The molecular weight excluding hydrogens is 240 g/mol. The van der Waals surface area contributed by atoms with Gasteiger partial charge in [-0.3, -0.25) is 4.79 Å². The summed E-state index contributed by atoms with van der Waals surface area (Å²) in [4.78, 5) is 11.1. The molecule has 100 valence electrons. The number of methoxy groups -OCH3 is 1. The topological polar surface area (TPSA) is 44.8 Å². The van der Waals surface area contributed by atoms with Crippen molar-refractivity contribution in [3.05, 3.63) is 0 Å². The molecular formula is C12H22O4S. The van der Waals surface area contributed by atoms with Crippen molar-refractivity contribution in [3.63, 3.8) is 0 Å². The SMILES string of the molecule is COC(=O)C(C)CSCCOC1CCCCO1. The van der Waals surface area contributed by atoms with E-state index in [-0.39, 0.29) is 18.2 Å². The van der Waals surface area contributed by atoms with Gasteiger partial charge in [-0.15, -0.1) is 0 Å². The number of esters is 1. The maximum Gasteiger partial charge on any atom is 0.309 e. The van der Waals surface area contributed by atoms with Crippen LogP contribution in [0, 0.1) is 5.92 Å². The number of hydrogen-bond acceptors (Lipinski definition) is 5. The Hall–Kier alpha value is -0.260. The van der Waals surface area contributed by atoms with Gasteiger partial charge in [0.25, 0.3) is 0 Å². The summed E-state index contributed by atoms with van der Waals surface area (Å²) in [6, 6.07) is 0. The normalized spacial score (nSPS) is 22.1. The zero-order valence-electron chi connectivity index (χ0n) is 10.6. The Bertz CT molecular complexity index is 217. The van der Waals surface area contributed by atoms with Crippen molar-refractivity contribution in [3.8, 4) is 0 Å². The van der Waals surface area contributed by atoms with Crippen LogP contribution < -0.4 is 0 Å². The van der Waals surface area contributed by atoms with E-state index in [1.54, 1.807) is 11.8 Å². The molecule has 1 rings (SSSR count). The fourth-order valence-electron chi connectivity index (χ4n) is 1.61. The van der Waals surface area contributed by atoms with E-state index in [0.29, 0.717) is 6.61 Å². The largest absolute Gasteiger partial charge is 0.469 e. The molecule has 0 spiro atoms. The van der Waals surface area contributed by atoms with Crippen LogP contribution in [0.15, 0.2) is 0 Å². The molecule has 0 saturated carbocycles. The quantitative estimate of drug-likeness (QED) is 0.519. The smallest absolute Gasteiger partial charge is 0.309 e. The van der Waals surface area contributed by atoms with Crippen LogP contribution in [0.1, 0.15) is 26.2 Å². The van der Waals surface area contributed by atoms with Crippen LogP contribution in [-0.4, -0.2) is 44.1 Å². The third kappa shape index (κ3) is 6.29. The second-order valence-corrected chi connectivity index (χ2v) is 5.32. The fourth-order valence-corrected chi connectivity index (χ4v) is 2.48. The van der Waals surface area contributed by atoms with Gasteiger partial charge in [-0.1, -0.05) is 6.92 Å². The zero-order valence-corrected chi connectivity index (χ0v) is 11.5. The van der Waals surface area contributed by atoms with Crippen LogP contribution in [0.4, 0.5) is 0 Å². The van der Waals surface area contributed by atoms with Gasteiger partial charge in [-0.25, -0.2) is 0 Å². The molecule has 0 amide bonds. The molecule has 5 heteroatoms. The summed E-state index contributed by atoms with van der Waals surface area (Å²) in [5.74, 6) is 1.48. The Morgan fingerprint density at radius 1 is 1.53 bits per heavy atom. The Morgan fingerprint density at radius 3 is 3.00 bits per heavy atom. The molecule has 1 fully saturated rings. The van der Waals surface area contributed by atoms with Gasteiger partial charge in [0.15, 0.2) is 6.29 Å². The van der Waals surface area contributed by atoms with Crippen molar-refractivity contribution >= 4 is 17.7 Å². The summed E-state index contributed by atoms with van der Waals surface area (Å²) in [5, 5.41) is 0. The highest BCUT2D eigenvalue weighted by atomic mass is 32.2. The predicted molar refractivity (Wildman–Crippen MR) is 68.0 cm³/mol. The van der Waals surface area contributed by atoms with Crippen LogP contribution in [0.3, 0.4) is 0 Å². The molecule has 0 aromatic rings. The standard InChI is InChI=1S/C12H22O4S/c1-10(12(13)14-2)9-17-8-7-16-11-5-3-4-6-15-11/h10-11H,3-9H2,1-2H3. The van der Waals surface area contributed by atoms with Gasteiger partial charge in [0.05, 0.1) is 19.6 Å². The van der Waals surface area contributed by atoms with Crippen molar-refractivity contribution in [1.29, 1.82) is 0 Å². The minimum absolute atomic E-state index is 0.0117. The lowest BCUT2D eigenvalue weighted by atomic mass is 10.2. The van der Waals surface area contributed by atoms with E-state index in [9.17, 15) is 4.79 Å². The van der Waals surface area contributed by atoms with Crippen molar-refractivity contribution < 1.29 is 19.0 Å². The maximum absolute atomic E-state index is 11.1. The van der Waals surface area contributed by atoms with E-state index in [4.69, 9.17) is 9.47 Å². The van der Waals surface area contributed by atoms with Crippen LogP contribution in [0.5, 0.6) is 0 Å². The highest BCUT2D eigenvalue weighted by Crippen LogP contribution is 2.15. The van der Waals surface area contributed by atoms with Gasteiger partial charge in [-0.2, -0.15) is 11.8 Å². The van der Waals surface area contributed by atoms with Crippen molar-refractivity contribution in [1.82, 2.24) is 0 Å². The summed E-state index contributed by atoms with van der Waals surface area (Å²) >= 11 is 1.71. The first-order chi connectivity index (χ1) is 8.24. The van der Waals surface area contributed by atoms with Gasteiger partial charge in [0.2, 0.25) is 0 Å². The molecule has 1 aliphatic rings. The first-order valence-corrected chi connectivity index (χ1v) is 7.28. The summed E-state index contributed by atoms with van der Waals surface area (Å²) in [5.41, 5.74) is 0. The van der Waals surface area contributed by atoms with Gasteiger partial charge in [-0.05, 0) is 19.3 Å². The van der Waals surface area contributed by atoms with Crippen LogP contribution in [-0.2, 0) is 19.0 Å². The number of carbonyl (C=O) groups is 1. The molecule has 1 aliphatic heterocycles. The van der Waals surface area contributed by atoms with Crippen molar-refractivity contribution in [2.45, 2.75) is 32.5 Å². The maximum atomic E-state index is 11.1. The van der Waals surface area contributed by atoms with Crippen LogP contribution >= 0.6 is 11.8 Å². The summed E-state index contributed by atoms with van der Waals surface area (Å²) in [7, 11) is 1.42. The molecule has 4 nitrogen and oxygen atoms in total. The molecule has 0 aromatic heterocycles. The first-order valence-electron chi connectivity index (χ1n) is 6.13. The second-order valence-electron chi connectivity index (χ2n) is 4.17. The van der Waals surface area contributed by atoms with E-state index < -0.39 is 0 Å². The van der Waals surface area contributed by atoms with E-state index in [1.807, 2.05) is 6.92 Å². The molecule has 0 aliphatic carbocycles. The minimum Gasteiger partial charge on any atom is -0.469 e. The number of thioether (sulfide) groups is 1. The second kappa shape index (κ2) is 8.78. The van der Waals surface area contributed by atoms with E-state index in [1.165, 1.54) is 13.5 Å². The van der Waals surface area contributed by atoms with Crippen molar-refractivity contribution in [2.75, 3.05) is 31.8 Å². The zero-order chi connectivity index (χ0) is 12.5. The fraction of sp³-hybridized carbons (Fsp3) is 0.917. The average Bonchev–Trinajstić information content (AvgIpc) is 2.38. The molecule has 2 unspecified atom stereocenters. The van der Waals surface area contributed by atoms with E-state index in [2.05, 4.69) is 4.74 Å². The summed E-state index contributed by atoms with van der Waals surface area (Å²) in [6.45, 7) is 3.38. The van der Waals surface area contributed by atoms with Gasteiger partial charge in [0.1, 0.15) is 0 Å². The number of hydrogen-bond donors (Lipinski definition) is 0. The summed E-state index contributed by atoms with van der Waals surface area (Å²) in [6.07, 6.45) is 3.33. The van der Waals surface area contributed by atoms with Crippen molar-refractivity contribution in [2.24, 2.45) is 5.92 Å². The number of rotatable bonds is 7. The average molecular weight is 262 g/mol. The molecule has 17 heavy (non-hydrogen) atoms. The highest BCUT2D eigenvalue weighted by molar-refractivity contribution is 7.99. The third-order valence-electron chi connectivity index (χ3n) is 2.64. The van der Waals surface area contributed by atoms with Gasteiger partial charge < -0.3 is 14.2 Å². The number of ether oxygens (including phenoxy) is 3. The minimum atomic E-state index is -0.144. The molecule has 0 radical (unpaired) electrons. The van der Waals surface area contributed by atoms with Crippen LogP contribution in [0.2, 0.25) is 0 Å². The molecule has 0 bridgehead atoms.